The fourth-order valence-corrected chi connectivity index (χ4v) is 2.11. The molecule has 0 atom stereocenters. The molecule has 0 bridgehead atoms. The van der Waals surface area contributed by atoms with Gasteiger partial charge in [0.25, 0.3) is 5.91 Å². The lowest BCUT2D eigenvalue weighted by Crippen LogP contribution is -2.37. The number of halogens is 1. The summed E-state index contributed by atoms with van der Waals surface area (Å²) in [5.41, 5.74) is 0.735. The van der Waals surface area contributed by atoms with E-state index in [0.29, 0.717) is 5.02 Å². The molecule has 1 heterocycles. The maximum Gasteiger partial charge on any atom is 0.253 e. The van der Waals surface area contributed by atoms with Crippen LogP contribution < -0.4 is 0 Å². The van der Waals surface area contributed by atoms with Gasteiger partial charge in [-0.05, 0) is 43.0 Å². The van der Waals surface area contributed by atoms with Crippen LogP contribution in [0.25, 0.3) is 0 Å². The Hall–Kier alpha value is -1.02. The lowest BCUT2D eigenvalue weighted by Gasteiger charge is -2.30. The van der Waals surface area contributed by atoms with Crippen molar-refractivity contribution in [1.29, 1.82) is 0 Å². The minimum Gasteiger partial charge on any atom is -0.339 e. The van der Waals surface area contributed by atoms with Crippen LogP contribution in [0, 0.1) is 5.92 Å². The number of hydrogen-bond acceptors (Lipinski definition) is 1. The molecule has 0 unspecified atom stereocenters. The molecule has 0 aliphatic carbocycles. The van der Waals surface area contributed by atoms with Crippen LogP contribution in [0.5, 0.6) is 0 Å². The number of carbonyl (C=O) groups is 1. The molecule has 1 aromatic carbocycles. The van der Waals surface area contributed by atoms with Crippen molar-refractivity contribution in [3.63, 3.8) is 0 Å². The van der Waals surface area contributed by atoms with Gasteiger partial charge in [-0.1, -0.05) is 18.5 Å². The number of amides is 1. The fourth-order valence-electron chi connectivity index (χ4n) is 1.99. The quantitative estimate of drug-likeness (QED) is 0.735. The van der Waals surface area contributed by atoms with E-state index in [0.717, 1.165) is 37.4 Å². The zero-order valence-corrected chi connectivity index (χ0v) is 10.2. The van der Waals surface area contributed by atoms with E-state index in [4.69, 9.17) is 11.6 Å². The average molecular weight is 238 g/mol. The molecule has 0 spiro atoms. The zero-order chi connectivity index (χ0) is 11.5. The van der Waals surface area contributed by atoms with Crippen molar-refractivity contribution in [2.45, 2.75) is 19.8 Å². The molecule has 0 saturated carbocycles. The van der Waals surface area contributed by atoms with Crippen LogP contribution in [0.1, 0.15) is 30.1 Å². The molecule has 3 heteroatoms. The van der Waals surface area contributed by atoms with Crippen LogP contribution in [-0.4, -0.2) is 23.9 Å². The summed E-state index contributed by atoms with van der Waals surface area (Å²) in [6, 6.07) is 7.12. The molecule has 0 radical (unpaired) electrons. The van der Waals surface area contributed by atoms with Crippen LogP contribution in [0.2, 0.25) is 5.02 Å². The molecule has 1 saturated heterocycles. The third-order valence-electron chi connectivity index (χ3n) is 3.16. The predicted octanol–water partition coefficient (Wildman–Crippen LogP) is 3.21. The Balaban J connectivity index is 2.05. The van der Waals surface area contributed by atoms with Gasteiger partial charge in [-0.3, -0.25) is 4.79 Å². The molecule has 1 amide bonds. The van der Waals surface area contributed by atoms with Crippen molar-refractivity contribution < 1.29 is 4.79 Å². The lowest BCUT2D eigenvalue weighted by molar-refractivity contribution is 0.0697. The van der Waals surface area contributed by atoms with E-state index in [1.165, 1.54) is 0 Å². The summed E-state index contributed by atoms with van der Waals surface area (Å²) in [6.07, 6.45) is 2.22. The Morgan fingerprint density at radius 2 is 1.81 bits per heavy atom. The van der Waals surface area contributed by atoms with Crippen molar-refractivity contribution >= 4 is 17.5 Å². The number of rotatable bonds is 1. The van der Waals surface area contributed by atoms with Crippen molar-refractivity contribution in [3.8, 4) is 0 Å². The minimum atomic E-state index is 0.128. The third kappa shape index (κ3) is 2.56. The SMILES string of the molecule is CC1CCN(C(=O)c2ccc(Cl)cc2)CC1. The van der Waals surface area contributed by atoms with E-state index < -0.39 is 0 Å². The van der Waals surface area contributed by atoms with Crippen LogP contribution in [-0.2, 0) is 0 Å². The van der Waals surface area contributed by atoms with E-state index in [-0.39, 0.29) is 5.91 Å². The molecule has 0 N–H and O–H groups in total. The summed E-state index contributed by atoms with van der Waals surface area (Å²) >= 11 is 5.80. The van der Waals surface area contributed by atoms with E-state index in [2.05, 4.69) is 6.92 Å². The second-order valence-corrected chi connectivity index (χ2v) is 4.92. The zero-order valence-electron chi connectivity index (χ0n) is 9.45. The van der Waals surface area contributed by atoms with Gasteiger partial charge in [0.1, 0.15) is 0 Å². The van der Waals surface area contributed by atoms with E-state index in [1.54, 1.807) is 24.3 Å². The first-order valence-corrected chi connectivity index (χ1v) is 6.09. The summed E-state index contributed by atoms with van der Waals surface area (Å²) in [5.74, 6) is 0.873. The minimum absolute atomic E-state index is 0.128. The summed E-state index contributed by atoms with van der Waals surface area (Å²) in [6.45, 7) is 4.00. The Morgan fingerprint density at radius 3 is 2.38 bits per heavy atom. The molecular weight excluding hydrogens is 222 g/mol. The maximum absolute atomic E-state index is 12.1. The third-order valence-corrected chi connectivity index (χ3v) is 3.41. The van der Waals surface area contributed by atoms with Crippen molar-refractivity contribution in [3.05, 3.63) is 34.9 Å². The van der Waals surface area contributed by atoms with E-state index >= 15 is 0 Å². The molecule has 86 valence electrons. The molecule has 1 aromatic rings. The normalized spacial score (nSPS) is 17.5. The molecule has 1 aliphatic rings. The van der Waals surface area contributed by atoms with Gasteiger partial charge in [0, 0.05) is 23.7 Å². The summed E-state index contributed by atoms with van der Waals surface area (Å²) in [7, 11) is 0. The molecular formula is C13H16ClNO. The smallest absolute Gasteiger partial charge is 0.253 e. The number of hydrogen-bond donors (Lipinski definition) is 0. The van der Waals surface area contributed by atoms with Gasteiger partial charge < -0.3 is 4.90 Å². The van der Waals surface area contributed by atoms with E-state index in [1.807, 2.05) is 4.90 Å². The number of piperidine rings is 1. The first kappa shape index (κ1) is 11.5. The van der Waals surface area contributed by atoms with Crippen molar-refractivity contribution in [2.75, 3.05) is 13.1 Å². The summed E-state index contributed by atoms with van der Waals surface area (Å²) in [5, 5.41) is 0.670. The second kappa shape index (κ2) is 4.88. The summed E-state index contributed by atoms with van der Waals surface area (Å²) < 4.78 is 0. The van der Waals surface area contributed by atoms with Gasteiger partial charge in [-0.25, -0.2) is 0 Å². The predicted molar refractivity (Wildman–Crippen MR) is 65.8 cm³/mol. The van der Waals surface area contributed by atoms with Gasteiger partial charge in [0.15, 0.2) is 0 Å². The highest BCUT2D eigenvalue weighted by Gasteiger charge is 2.20. The molecule has 0 aromatic heterocycles. The van der Waals surface area contributed by atoms with Crippen LogP contribution in [0.3, 0.4) is 0 Å². The molecule has 1 aliphatic heterocycles. The van der Waals surface area contributed by atoms with Crippen molar-refractivity contribution in [1.82, 2.24) is 4.90 Å². The molecule has 2 nitrogen and oxygen atoms in total. The van der Waals surface area contributed by atoms with Gasteiger partial charge >= 0.3 is 0 Å². The van der Waals surface area contributed by atoms with Gasteiger partial charge in [-0.2, -0.15) is 0 Å². The number of benzene rings is 1. The van der Waals surface area contributed by atoms with Crippen LogP contribution in [0.15, 0.2) is 24.3 Å². The van der Waals surface area contributed by atoms with Gasteiger partial charge in [0.2, 0.25) is 0 Å². The Bertz CT molecular complexity index is 366. The second-order valence-electron chi connectivity index (χ2n) is 4.48. The number of nitrogens with zero attached hydrogens (tertiary/aromatic N) is 1. The summed E-state index contributed by atoms with van der Waals surface area (Å²) in [4.78, 5) is 14.0. The van der Waals surface area contributed by atoms with Crippen LogP contribution in [0.4, 0.5) is 0 Å². The topological polar surface area (TPSA) is 20.3 Å². The maximum atomic E-state index is 12.1. The van der Waals surface area contributed by atoms with Crippen molar-refractivity contribution in [2.24, 2.45) is 5.92 Å². The first-order chi connectivity index (χ1) is 7.66. The average Bonchev–Trinajstić information content (AvgIpc) is 2.30. The number of likely N-dealkylation sites (tertiary alicyclic amines) is 1. The highest BCUT2D eigenvalue weighted by Crippen LogP contribution is 2.18. The Morgan fingerprint density at radius 1 is 1.25 bits per heavy atom. The fraction of sp³-hybridized carbons (Fsp3) is 0.462. The highest BCUT2D eigenvalue weighted by molar-refractivity contribution is 6.30. The molecule has 1 fully saturated rings. The largest absolute Gasteiger partial charge is 0.339 e. The highest BCUT2D eigenvalue weighted by atomic mass is 35.5. The lowest BCUT2D eigenvalue weighted by atomic mass is 9.98. The molecule has 16 heavy (non-hydrogen) atoms. The van der Waals surface area contributed by atoms with Gasteiger partial charge in [-0.15, -0.1) is 0 Å². The van der Waals surface area contributed by atoms with Crippen LogP contribution >= 0.6 is 11.6 Å². The van der Waals surface area contributed by atoms with E-state index in [9.17, 15) is 4.79 Å². The Labute approximate surface area is 101 Å². The Kier molecular flexibility index (Phi) is 3.49. The monoisotopic (exact) mass is 237 g/mol. The standard InChI is InChI=1S/C13H16ClNO/c1-10-6-8-15(9-7-10)13(16)11-2-4-12(14)5-3-11/h2-5,10H,6-9H2,1H3. The first-order valence-electron chi connectivity index (χ1n) is 5.71. The van der Waals surface area contributed by atoms with Gasteiger partial charge in [0.05, 0.1) is 0 Å². The number of carbonyl (C=O) groups excluding carboxylic acids is 1. The molecule has 2 rings (SSSR count).